The molecule has 0 aromatic heterocycles. The lowest BCUT2D eigenvalue weighted by atomic mass is 9.90. The van der Waals surface area contributed by atoms with Crippen molar-refractivity contribution in [1.29, 1.82) is 0 Å². The van der Waals surface area contributed by atoms with Crippen LogP contribution in [-0.2, 0) is 11.3 Å². The van der Waals surface area contributed by atoms with Crippen molar-refractivity contribution in [2.24, 2.45) is 0 Å². The normalized spacial score (nSPS) is 22.9. The van der Waals surface area contributed by atoms with Gasteiger partial charge < -0.3 is 10.4 Å². The SMILES string of the molecule is CCCC1(C)C(=O)NCCN1Cc1cccc(C(=O)O)c1. The first-order chi connectivity index (χ1) is 9.97. The number of nitrogens with one attached hydrogen (secondary N) is 1. The van der Waals surface area contributed by atoms with Crippen LogP contribution in [0.4, 0.5) is 0 Å². The summed E-state index contributed by atoms with van der Waals surface area (Å²) in [6.07, 6.45) is 1.72. The summed E-state index contributed by atoms with van der Waals surface area (Å²) in [4.78, 5) is 25.4. The van der Waals surface area contributed by atoms with Crippen LogP contribution < -0.4 is 5.32 Å². The lowest BCUT2D eigenvalue weighted by molar-refractivity contribution is -0.137. The van der Waals surface area contributed by atoms with Crippen LogP contribution in [0.1, 0.15) is 42.6 Å². The Labute approximate surface area is 125 Å². The second-order valence-electron chi connectivity index (χ2n) is 5.71. The predicted octanol–water partition coefficient (Wildman–Crippen LogP) is 1.88. The third-order valence-electron chi connectivity index (χ3n) is 4.14. The fraction of sp³-hybridized carbons (Fsp3) is 0.500. The smallest absolute Gasteiger partial charge is 0.335 e. The summed E-state index contributed by atoms with van der Waals surface area (Å²) < 4.78 is 0. The van der Waals surface area contributed by atoms with Crippen LogP contribution in [0.25, 0.3) is 0 Å². The number of piperazine rings is 1. The van der Waals surface area contributed by atoms with Gasteiger partial charge in [0.05, 0.1) is 11.1 Å². The fourth-order valence-electron chi connectivity index (χ4n) is 2.92. The molecule has 114 valence electrons. The van der Waals surface area contributed by atoms with Gasteiger partial charge in [0.2, 0.25) is 5.91 Å². The van der Waals surface area contributed by atoms with Crippen molar-refractivity contribution in [1.82, 2.24) is 10.2 Å². The van der Waals surface area contributed by atoms with E-state index in [1.54, 1.807) is 18.2 Å². The van der Waals surface area contributed by atoms with Crippen molar-refractivity contribution in [2.75, 3.05) is 13.1 Å². The molecule has 1 atom stereocenters. The van der Waals surface area contributed by atoms with Gasteiger partial charge >= 0.3 is 5.97 Å². The molecule has 1 unspecified atom stereocenters. The van der Waals surface area contributed by atoms with Gasteiger partial charge in [-0.15, -0.1) is 0 Å². The molecule has 1 aromatic rings. The average molecular weight is 290 g/mol. The Morgan fingerprint density at radius 2 is 2.24 bits per heavy atom. The highest BCUT2D eigenvalue weighted by Gasteiger charge is 2.40. The minimum atomic E-state index is -0.926. The molecule has 2 N–H and O–H groups in total. The van der Waals surface area contributed by atoms with Crippen LogP contribution in [0.5, 0.6) is 0 Å². The number of hydrogen-bond acceptors (Lipinski definition) is 3. The molecule has 2 rings (SSSR count). The molecule has 0 radical (unpaired) electrons. The number of carboxylic acid groups (broad SMARTS) is 1. The van der Waals surface area contributed by atoms with Gasteiger partial charge in [-0.25, -0.2) is 4.79 Å². The predicted molar refractivity (Wildman–Crippen MR) is 80.1 cm³/mol. The summed E-state index contributed by atoms with van der Waals surface area (Å²) in [5, 5.41) is 12.0. The summed E-state index contributed by atoms with van der Waals surface area (Å²) in [6.45, 7) is 6.03. The zero-order valence-corrected chi connectivity index (χ0v) is 12.6. The van der Waals surface area contributed by atoms with Crippen molar-refractivity contribution in [3.8, 4) is 0 Å². The Kier molecular flexibility index (Phi) is 4.63. The van der Waals surface area contributed by atoms with Gasteiger partial charge in [0.15, 0.2) is 0 Å². The molecule has 0 spiro atoms. The van der Waals surface area contributed by atoms with E-state index in [1.807, 2.05) is 13.0 Å². The van der Waals surface area contributed by atoms with E-state index in [9.17, 15) is 9.59 Å². The van der Waals surface area contributed by atoms with E-state index < -0.39 is 11.5 Å². The monoisotopic (exact) mass is 290 g/mol. The summed E-state index contributed by atoms with van der Waals surface area (Å²) >= 11 is 0. The van der Waals surface area contributed by atoms with Gasteiger partial charge in [-0.2, -0.15) is 0 Å². The highest BCUT2D eigenvalue weighted by molar-refractivity contribution is 5.88. The van der Waals surface area contributed by atoms with E-state index in [1.165, 1.54) is 0 Å². The van der Waals surface area contributed by atoms with Crippen molar-refractivity contribution in [3.63, 3.8) is 0 Å². The van der Waals surface area contributed by atoms with Gasteiger partial charge in [0.1, 0.15) is 0 Å². The molecule has 1 aromatic carbocycles. The summed E-state index contributed by atoms with van der Waals surface area (Å²) in [5.41, 5.74) is 0.685. The molecule has 1 heterocycles. The Bertz CT molecular complexity index is 544. The third kappa shape index (κ3) is 3.24. The average Bonchev–Trinajstić information content (AvgIpc) is 2.45. The molecule has 21 heavy (non-hydrogen) atoms. The van der Waals surface area contributed by atoms with Crippen molar-refractivity contribution in [2.45, 2.75) is 38.8 Å². The molecule has 1 aliphatic heterocycles. The second kappa shape index (κ2) is 6.26. The number of carboxylic acids is 1. The van der Waals surface area contributed by atoms with Crippen LogP contribution in [0, 0.1) is 0 Å². The summed E-state index contributed by atoms with van der Waals surface area (Å²) in [7, 11) is 0. The summed E-state index contributed by atoms with van der Waals surface area (Å²) in [5.74, 6) is -0.866. The zero-order valence-electron chi connectivity index (χ0n) is 12.6. The number of rotatable bonds is 5. The Hall–Kier alpha value is -1.88. The van der Waals surface area contributed by atoms with Gasteiger partial charge in [-0.1, -0.05) is 25.5 Å². The molecular weight excluding hydrogens is 268 g/mol. The van der Waals surface area contributed by atoms with E-state index in [0.717, 1.165) is 24.9 Å². The topological polar surface area (TPSA) is 69.6 Å². The number of nitrogens with zero attached hydrogens (tertiary/aromatic N) is 1. The van der Waals surface area contributed by atoms with Crippen molar-refractivity contribution >= 4 is 11.9 Å². The zero-order chi connectivity index (χ0) is 15.5. The van der Waals surface area contributed by atoms with Crippen LogP contribution >= 0.6 is 0 Å². The first kappa shape index (κ1) is 15.5. The van der Waals surface area contributed by atoms with E-state index >= 15 is 0 Å². The molecule has 1 aliphatic rings. The third-order valence-corrected chi connectivity index (χ3v) is 4.14. The lowest BCUT2D eigenvalue weighted by Crippen LogP contribution is -2.62. The quantitative estimate of drug-likeness (QED) is 0.868. The van der Waals surface area contributed by atoms with E-state index in [4.69, 9.17) is 5.11 Å². The van der Waals surface area contributed by atoms with Gasteiger partial charge in [-0.05, 0) is 31.0 Å². The molecular formula is C16H22N2O3. The maximum absolute atomic E-state index is 12.2. The maximum atomic E-state index is 12.2. The molecule has 0 saturated carbocycles. The molecule has 1 amide bonds. The molecule has 5 nitrogen and oxygen atoms in total. The molecule has 1 fully saturated rings. The molecule has 0 bridgehead atoms. The second-order valence-corrected chi connectivity index (χ2v) is 5.71. The number of benzene rings is 1. The van der Waals surface area contributed by atoms with Crippen molar-refractivity contribution in [3.05, 3.63) is 35.4 Å². The van der Waals surface area contributed by atoms with E-state index in [-0.39, 0.29) is 11.5 Å². The van der Waals surface area contributed by atoms with E-state index in [2.05, 4.69) is 17.1 Å². The van der Waals surface area contributed by atoms with Crippen molar-refractivity contribution < 1.29 is 14.7 Å². The number of carbonyl (C=O) groups excluding carboxylic acids is 1. The van der Waals surface area contributed by atoms with Gasteiger partial charge in [0.25, 0.3) is 0 Å². The Morgan fingerprint density at radius 3 is 2.90 bits per heavy atom. The fourth-order valence-corrected chi connectivity index (χ4v) is 2.92. The van der Waals surface area contributed by atoms with Crippen LogP contribution in [0.15, 0.2) is 24.3 Å². The van der Waals surface area contributed by atoms with Crippen LogP contribution in [-0.4, -0.2) is 40.5 Å². The summed E-state index contributed by atoms with van der Waals surface area (Å²) in [6, 6.07) is 6.92. The van der Waals surface area contributed by atoms with Gasteiger partial charge in [0, 0.05) is 19.6 Å². The highest BCUT2D eigenvalue weighted by Crippen LogP contribution is 2.26. The lowest BCUT2D eigenvalue weighted by Gasteiger charge is -2.43. The standard InChI is InChI=1S/C16H22N2O3/c1-3-7-16(2)15(21)17-8-9-18(16)11-12-5-4-6-13(10-12)14(19)20/h4-6,10H,3,7-9,11H2,1-2H3,(H,17,21)(H,19,20). The number of hydrogen-bond donors (Lipinski definition) is 2. The maximum Gasteiger partial charge on any atom is 0.335 e. The molecule has 0 aliphatic carbocycles. The van der Waals surface area contributed by atoms with E-state index in [0.29, 0.717) is 13.1 Å². The number of carbonyl (C=O) groups is 2. The van der Waals surface area contributed by atoms with Crippen LogP contribution in [0.2, 0.25) is 0 Å². The minimum Gasteiger partial charge on any atom is -0.478 e. The van der Waals surface area contributed by atoms with Gasteiger partial charge in [-0.3, -0.25) is 9.69 Å². The minimum absolute atomic E-state index is 0.0602. The first-order valence-corrected chi connectivity index (χ1v) is 7.33. The molecule has 5 heteroatoms. The highest BCUT2D eigenvalue weighted by atomic mass is 16.4. The molecule has 1 saturated heterocycles. The Balaban J connectivity index is 2.22. The Morgan fingerprint density at radius 1 is 1.48 bits per heavy atom. The number of amides is 1. The van der Waals surface area contributed by atoms with Crippen LogP contribution in [0.3, 0.4) is 0 Å². The first-order valence-electron chi connectivity index (χ1n) is 7.33. The largest absolute Gasteiger partial charge is 0.478 e. The number of aromatic carboxylic acids is 1.